The molecule has 0 aromatic heterocycles. The molecule has 0 fully saturated rings. The average molecular weight is 681 g/mol. The number of hydrogen-bond acceptors (Lipinski definition) is 9. The van der Waals surface area contributed by atoms with Crippen LogP contribution in [0.2, 0.25) is 0 Å². The number of hydrogen-bond donors (Lipinski definition) is 7. The van der Waals surface area contributed by atoms with Crippen molar-refractivity contribution in [2.75, 3.05) is 0 Å². The molecule has 6 aromatic rings. The zero-order chi connectivity index (χ0) is 35.4. The predicted octanol–water partition coefficient (Wildman–Crippen LogP) is 8.33. The van der Waals surface area contributed by atoms with Gasteiger partial charge < -0.3 is 45.2 Å². The Bertz CT molecular complexity index is 2270. The molecule has 0 unspecified atom stereocenters. The first-order valence-electron chi connectivity index (χ1n) is 16.3. The molecule has 2 aliphatic heterocycles. The molecule has 0 aliphatic carbocycles. The summed E-state index contributed by atoms with van der Waals surface area (Å²) in [6.07, 6.45) is 2.32. The van der Waals surface area contributed by atoms with Gasteiger partial charge in [-0.3, -0.25) is 0 Å². The molecule has 2 aliphatic rings. The average Bonchev–Trinajstić information content (AvgIpc) is 3.67. The molecule has 0 radical (unpaired) electrons. The van der Waals surface area contributed by atoms with Crippen LogP contribution in [0.25, 0.3) is 12.2 Å². The molecule has 0 saturated carbocycles. The Kier molecular flexibility index (Phi) is 7.60. The van der Waals surface area contributed by atoms with Crippen molar-refractivity contribution in [2.45, 2.75) is 24.0 Å². The zero-order valence-corrected chi connectivity index (χ0v) is 26.9. The van der Waals surface area contributed by atoms with Crippen LogP contribution in [-0.2, 0) is 0 Å². The number of aromatic hydroxyl groups is 7. The van der Waals surface area contributed by atoms with E-state index in [1.54, 1.807) is 103 Å². The van der Waals surface area contributed by atoms with Gasteiger partial charge >= 0.3 is 0 Å². The normalized spacial score (nSPS) is 19.0. The predicted molar refractivity (Wildman–Crippen MR) is 190 cm³/mol. The Morgan fingerprint density at radius 3 is 1.43 bits per heavy atom. The first-order chi connectivity index (χ1) is 24.6. The summed E-state index contributed by atoms with van der Waals surface area (Å²) in [4.78, 5) is 0. The van der Waals surface area contributed by atoms with Gasteiger partial charge in [0.25, 0.3) is 0 Å². The lowest BCUT2D eigenvalue weighted by Gasteiger charge is -2.26. The van der Waals surface area contributed by atoms with Gasteiger partial charge in [-0.2, -0.15) is 0 Å². The fourth-order valence-electron chi connectivity index (χ4n) is 7.31. The molecule has 0 amide bonds. The molecule has 9 heteroatoms. The van der Waals surface area contributed by atoms with Gasteiger partial charge in [-0.15, -0.1) is 0 Å². The molecule has 0 saturated heterocycles. The monoisotopic (exact) mass is 680 g/mol. The Hall–Kier alpha value is -6.74. The van der Waals surface area contributed by atoms with E-state index < -0.39 is 24.0 Å². The van der Waals surface area contributed by atoms with E-state index in [4.69, 9.17) is 9.47 Å². The Morgan fingerprint density at radius 2 is 0.863 bits per heavy atom. The SMILES string of the molecule is Oc1ccc(/C=C\c2cc(O)cc3c2[C@H](c2cc(O)cc4c2[C@@H](c2cc(O)cc(O)c2)[C@H](c2ccc(O)cc2)O4)[C@@H](c2ccc(O)cc2)O3)cc1. The van der Waals surface area contributed by atoms with E-state index >= 15 is 0 Å². The lowest BCUT2D eigenvalue weighted by atomic mass is 9.75. The topological polar surface area (TPSA) is 160 Å². The largest absolute Gasteiger partial charge is 0.508 e. The number of rotatable bonds is 6. The third-order valence-electron chi connectivity index (χ3n) is 9.46. The van der Waals surface area contributed by atoms with Crippen LogP contribution in [0.4, 0.5) is 0 Å². The highest BCUT2D eigenvalue weighted by Gasteiger charge is 2.46. The zero-order valence-electron chi connectivity index (χ0n) is 26.9. The van der Waals surface area contributed by atoms with Crippen LogP contribution in [-0.4, -0.2) is 35.7 Å². The Labute approximate surface area is 292 Å². The fourth-order valence-corrected chi connectivity index (χ4v) is 7.31. The van der Waals surface area contributed by atoms with Gasteiger partial charge in [-0.05, 0) is 94.0 Å². The van der Waals surface area contributed by atoms with Crippen LogP contribution in [0.5, 0.6) is 51.7 Å². The molecule has 254 valence electrons. The molecule has 4 atom stereocenters. The van der Waals surface area contributed by atoms with E-state index in [1.165, 1.54) is 12.1 Å². The summed E-state index contributed by atoms with van der Waals surface area (Å²) in [5.41, 5.74) is 5.48. The van der Waals surface area contributed by atoms with E-state index in [2.05, 4.69) is 0 Å². The van der Waals surface area contributed by atoms with Crippen molar-refractivity contribution >= 4 is 12.2 Å². The summed E-state index contributed by atoms with van der Waals surface area (Å²) in [6.45, 7) is 0. The van der Waals surface area contributed by atoms with E-state index in [-0.39, 0.29) is 40.2 Å². The second kappa shape index (κ2) is 12.3. The van der Waals surface area contributed by atoms with Gasteiger partial charge in [0, 0.05) is 29.3 Å². The summed E-state index contributed by atoms with van der Waals surface area (Å²) in [5.74, 6) is -0.504. The van der Waals surface area contributed by atoms with Gasteiger partial charge in [-0.1, -0.05) is 48.6 Å². The second-order valence-electron chi connectivity index (χ2n) is 12.8. The minimum absolute atomic E-state index is 0.0193. The van der Waals surface area contributed by atoms with Gasteiger partial charge in [0.15, 0.2) is 0 Å². The van der Waals surface area contributed by atoms with E-state index in [9.17, 15) is 35.7 Å². The molecule has 0 spiro atoms. The first-order valence-corrected chi connectivity index (χ1v) is 16.3. The third-order valence-corrected chi connectivity index (χ3v) is 9.46. The van der Waals surface area contributed by atoms with E-state index in [1.807, 2.05) is 12.2 Å². The minimum atomic E-state index is -0.694. The van der Waals surface area contributed by atoms with Crippen LogP contribution in [0, 0.1) is 0 Å². The maximum atomic E-state index is 11.3. The number of benzene rings is 6. The smallest absolute Gasteiger partial charge is 0.135 e. The molecule has 51 heavy (non-hydrogen) atoms. The molecule has 0 bridgehead atoms. The standard InChI is InChI=1S/C42H32O9/c43-27-9-2-22(3-10-27)1-4-25-15-32(48)20-35-37(25)40(42(50-35)24-7-13-29(45)14-8-24)34-19-33(49)21-36-39(34)38(26-16-30(46)18-31(47)17-26)41(51-36)23-5-11-28(44)12-6-23/h1-21,38,40-49H/b4-1-/t38-,40+,41+,42-/m1/s1. The van der Waals surface area contributed by atoms with Crippen molar-refractivity contribution in [2.24, 2.45) is 0 Å². The summed E-state index contributed by atoms with van der Waals surface area (Å²) >= 11 is 0. The van der Waals surface area contributed by atoms with Crippen molar-refractivity contribution < 1.29 is 45.2 Å². The molecular weight excluding hydrogens is 648 g/mol. The maximum Gasteiger partial charge on any atom is 0.135 e. The Morgan fingerprint density at radius 1 is 0.392 bits per heavy atom. The second-order valence-corrected chi connectivity index (χ2v) is 12.8. The van der Waals surface area contributed by atoms with Crippen LogP contribution in [0.3, 0.4) is 0 Å². The highest BCUT2D eigenvalue weighted by molar-refractivity contribution is 5.76. The first kappa shape index (κ1) is 31.5. The third kappa shape index (κ3) is 5.84. The molecule has 6 aromatic carbocycles. The number of fused-ring (bicyclic) bond motifs is 2. The Balaban J connectivity index is 1.37. The summed E-state index contributed by atoms with van der Waals surface area (Å²) in [6, 6.07) is 30.7. The molecular formula is C42H32O9. The van der Waals surface area contributed by atoms with Crippen molar-refractivity contribution in [3.05, 3.63) is 160 Å². The molecule has 7 N–H and O–H groups in total. The maximum absolute atomic E-state index is 11.3. The summed E-state index contributed by atoms with van der Waals surface area (Å²) < 4.78 is 13.3. The van der Waals surface area contributed by atoms with Gasteiger partial charge in [-0.25, -0.2) is 0 Å². The number of ether oxygens (including phenoxy) is 2. The fraction of sp³-hybridized carbons (Fsp3) is 0.0952. The van der Waals surface area contributed by atoms with Crippen molar-refractivity contribution in [3.8, 4) is 51.7 Å². The lowest BCUT2D eigenvalue weighted by molar-refractivity contribution is 0.219. The van der Waals surface area contributed by atoms with Crippen LogP contribution in [0.1, 0.15) is 68.6 Å². The summed E-state index contributed by atoms with van der Waals surface area (Å²) in [7, 11) is 0. The van der Waals surface area contributed by atoms with Gasteiger partial charge in [0.2, 0.25) is 0 Å². The van der Waals surface area contributed by atoms with Crippen molar-refractivity contribution in [1.82, 2.24) is 0 Å². The van der Waals surface area contributed by atoms with Crippen LogP contribution in [0.15, 0.2) is 115 Å². The highest BCUT2D eigenvalue weighted by atomic mass is 16.5. The molecule has 9 nitrogen and oxygen atoms in total. The number of phenols is 7. The van der Waals surface area contributed by atoms with Crippen LogP contribution >= 0.6 is 0 Å². The summed E-state index contributed by atoms with van der Waals surface area (Å²) in [5, 5.41) is 73.4. The minimum Gasteiger partial charge on any atom is -0.508 e. The van der Waals surface area contributed by atoms with E-state index in [0.717, 1.165) is 16.7 Å². The highest BCUT2D eigenvalue weighted by Crippen LogP contribution is 2.59. The van der Waals surface area contributed by atoms with Crippen LogP contribution < -0.4 is 9.47 Å². The van der Waals surface area contributed by atoms with Crippen molar-refractivity contribution in [3.63, 3.8) is 0 Å². The lowest BCUT2D eigenvalue weighted by Crippen LogP contribution is -2.16. The molecule has 2 heterocycles. The number of phenolic OH excluding ortho intramolecular Hbond substituents is 7. The van der Waals surface area contributed by atoms with E-state index in [0.29, 0.717) is 39.3 Å². The van der Waals surface area contributed by atoms with Gasteiger partial charge in [0.05, 0.1) is 11.8 Å². The quantitative estimate of drug-likeness (QED) is 0.0858. The van der Waals surface area contributed by atoms with Gasteiger partial charge in [0.1, 0.15) is 64.0 Å². The molecule has 8 rings (SSSR count). The van der Waals surface area contributed by atoms with Crippen molar-refractivity contribution in [1.29, 1.82) is 0 Å².